The SMILES string of the molecule is COc1cccc(C(=O)COC(=O)c2ccc(N3C(=O)[C@H]4CC[C@@H](c5ccccc5)C[C@@H]4C3=O)cc2)c1. The first-order valence-electron chi connectivity index (χ1n) is 12.3. The number of methoxy groups -OCH3 is 1. The van der Waals surface area contributed by atoms with Crippen LogP contribution in [0.15, 0.2) is 78.9 Å². The van der Waals surface area contributed by atoms with Crippen LogP contribution in [0.2, 0.25) is 0 Å². The lowest BCUT2D eigenvalue weighted by Crippen LogP contribution is -2.30. The Hall–Kier alpha value is -4.26. The van der Waals surface area contributed by atoms with E-state index in [4.69, 9.17) is 9.47 Å². The smallest absolute Gasteiger partial charge is 0.338 e. The van der Waals surface area contributed by atoms with E-state index in [1.54, 1.807) is 36.4 Å². The lowest BCUT2D eigenvalue weighted by molar-refractivity contribution is -0.122. The van der Waals surface area contributed by atoms with Gasteiger partial charge in [-0.3, -0.25) is 19.3 Å². The quantitative estimate of drug-likeness (QED) is 0.264. The van der Waals surface area contributed by atoms with Crippen molar-refractivity contribution in [2.75, 3.05) is 18.6 Å². The van der Waals surface area contributed by atoms with Crippen LogP contribution in [-0.4, -0.2) is 37.3 Å². The standard InChI is InChI=1S/C30H27NO6/c1-36-24-9-5-8-22(16-24)27(32)18-37-30(35)20-10-13-23(14-11-20)31-28(33)25-15-12-21(17-26(25)29(31)34)19-6-3-2-4-7-19/h2-11,13-14,16,21,25-26H,12,15,17-18H2,1H3/t21-,25+,26+/m1/s1. The number of ether oxygens (including phenoxy) is 2. The topological polar surface area (TPSA) is 90.0 Å². The number of Topliss-reactive ketones (excluding diaryl/α,β-unsaturated/α-hetero) is 1. The van der Waals surface area contributed by atoms with E-state index >= 15 is 0 Å². The highest BCUT2D eigenvalue weighted by molar-refractivity contribution is 6.22. The molecule has 0 aromatic heterocycles. The molecule has 37 heavy (non-hydrogen) atoms. The minimum Gasteiger partial charge on any atom is -0.497 e. The van der Waals surface area contributed by atoms with Crippen molar-refractivity contribution in [3.8, 4) is 5.75 Å². The van der Waals surface area contributed by atoms with Gasteiger partial charge in [0.1, 0.15) is 5.75 Å². The summed E-state index contributed by atoms with van der Waals surface area (Å²) in [7, 11) is 1.51. The summed E-state index contributed by atoms with van der Waals surface area (Å²) < 4.78 is 10.3. The fourth-order valence-corrected chi connectivity index (χ4v) is 5.30. The van der Waals surface area contributed by atoms with Gasteiger partial charge in [0.25, 0.3) is 0 Å². The van der Waals surface area contributed by atoms with Crippen molar-refractivity contribution in [1.82, 2.24) is 0 Å². The molecule has 0 spiro atoms. The molecular weight excluding hydrogens is 470 g/mol. The fourth-order valence-electron chi connectivity index (χ4n) is 5.30. The van der Waals surface area contributed by atoms with Gasteiger partial charge in [0.15, 0.2) is 12.4 Å². The maximum Gasteiger partial charge on any atom is 0.338 e. The molecule has 1 aliphatic carbocycles. The Morgan fingerprint density at radius 3 is 2.30 bits per heavy atom. The maximum atomic E-state index is 13.3. The molecule has 2 fully saturated rings. The second-order valence-corrected chi connectivity index (χ2v) is 9.42. The molecule has 7 heteroatoms. The van der Waals surface area contributed by atoms with Crippen LogP contribution in [0.1, 0.15) is 51.5 Å². The van der Waals surface area contributed by atoms with Gasteiger partial charge in [-0.05, 0) is 67.1 Å². The largest absolute Gasteiger partial charge is 0.497 e. The van der Waals surface area contributed by atoms with E-state index in [1.807, 2.05) is 18.2 Å². The van der Waals surface area contributed by atoms with Crippen LogP contribution in [0.5, 0.6) is 5.75 Å². The number of carbonyl (C=O) groups is 4. The van der Waals surface area contributed by atoms with Crippen molar-refractivity contribution < 1.29 is 28.7 Å². The first-order chi connectivity index (χ1) is 18.0. The van der Waals surface area contributed by atoms with Gasteiger partial charge in [0.2, 0.25) is 11.8 Å². The molecule has 3 aromatic rings. The van der Waals surface area contributed by atoms with Crippen molar-refractivity contribution in [3.63, 3.8) is 0 Å². The maximum absolute atomic E-state index is 13.3. The highest BCUT2D eigenvalue weighted by Gasteiger charge is 2.50. The summed E-state index contributed by atoms with van der Waals surface area (Å²) >= 11 is 0. The number of ketones is 1. The molecule has 0 radical (unpaired) electrons. The number of hydrogen-bond acceptors (Lipinski definition) is 6. The zero-order valence-corrected chi connectivity index (χ0v) is 20.5. The first-order valence-corrected chi connectivity index (χ1v) is 12.3. The molecule has 2 aliphatic rings. The third-order valence-electron chi connectivity index (χ3n) is 7.28. The van der Waals surface area contributed by atoms with E-state index in [0.29, 0.717) is 29.8 Å². The Balaban J connectivity index is 1.23. The van der Waals surface area contributed by atoms with Crippen LogP contribution in [0.4, 0.5) is 5.69 Å². The summed E-state index contributed by atoms with van der Waals surface area (Å²) in [4.78, 5) is 52.5. The second kappa shape index (κ2) is 10.4. The molecule has 3 aromatic carbocycles. The molecule has 7 nitrogen and oxygen atoms in total. The van der Waals surface area contributed by atoms with Crippen LogP contribution in [0, 0.1) is 11.8 Å². The molecule has 5 rings (SSSR count). The van der Waals surface area contributed by atoms with Crippen LogP contribution in [0.25, 0.3) is 0 Å². The number of rotatable bonds is 7. The summed E-state index contributed by atoms with van der Waals surface area (Å²) in [5, 5.41) is 0. The number of benzene rings is 3. The summed E-state index contributed by atoms with van der Waals surface area (Å²) in [6, 6.07) is 22.9. The third-order valence-corrected chi connectivity index (χ3v) is 7.28. The average Bonchev–Trinajstić information content (AvgIpc) is 3.20. The fraction of sp³-hybridized carbons (Fsp3) is 0.267. The lowest BCUT2D eigenvalue weighted by atomic mass is 9.73. The molecular formula is C30H27NO6. The third kappa shape index (κ3) is 4.89. The molecule has 1 heterocycles. The number of esters is 1. The first kappa shape index (κ1) is 24.4. The van der Waals surface area contributed by atoms with Crippen LogP contribution in [0.3, 0.4) is 0 Å². The molecule has 3 atom stereocenters. The van der Waals surface area contributed by atoms with Crippen molar-refractivity contribution >= 4 is 29.3 Å². The van der Waals surface area contributed by atoms with Crippen molar-refractivity contribution in [2.45, 2.75) is 25.2 Å². The van der Waals surface area contributed by atoms with Crippen LogP contribution >= 0.6 is 0 Å². The van der Waals surface area contributed by atoms with E-state index in [0.717, 1.165) is 6.42 Å². The highest BCUT2D eigenvalue weighted by Crippen LogP contribution is 2.45. The minimum atomic E-state index is -0.666. The van der Waals surface area contributed by atoms with Gasteiger partial charge in [-0.1, -0.05) is 42.5 Å². The zero-order chi connectivity index (χ0) is 25.9. The Bertz CT molecular complexity index is 1330. The molecule has 0 unspecified atom stereocenters. The monoisotopic (exact) mass is 497 g/mol. The number of imide groups is 1. The predicted molar refractivity (Wildman–Crippen MR) is 137 cm³/mol. The molecule has 1 aliphatic heterocycles. The summed E-state index contributed by atoms with van der Waals surface area (Å²) in [6.45, 7) is -0.414. The summed E-state index contributed by atoms with van der Waals surface area (Å²) in [5.74, 6) is -1.23. The Morgan fingerprint density at radius 1 is 0.838 bits per heavy atom. The van der Waals surface area contributed by atoms with E-state index in [1.165, 1.54) is 29.7 Å². The number of hydrogen-bond donors (Lipinski definition) is 0. The lowest BCUT2D eigenvalue weighted by Gasteiger charge is -2.28. The summed E-state index contributed by atoms with van der Waals surface area (Å²) in [5.41, 5.74) is 2.24. The second-order valence-electron chi connectivity index (χ2n) is 9.42. The number of carbonyl (C=O) groups excluding carboxylic acids is 4. The Morgan fingerprint density at radius 2 is 1.57 bits per heavy atom. The highest BCUT2D eigenvalue weighted by atomic mass is 16.5. The molecule has 0 N–H and O–H groups in total. The minimum absolute atomic E-state index is 0.180. The number of amides is 2. The van der Waals surface area contributed by atoms with Crippen LogP contribution in [-0.2, 0) is 14.3 Å². The van der Waals surface area contributed by atoms with Gasteiger partial charge in [0.05, 0.1) is 30.2 Å². The molecule has 1 saturated heterocycles. The van der Waals surface area contributed by atoms with Gasteiger partial charge in [-0.2, -0.15) is 0 Å². The Labute approximate surface area is 215 Å². The molecule has 0 bridgehead atoms. The van der Waals surface area contributed by atoms with Gasteiger partial charge in [-0.25, -0.2) is 4.79 Å². The van der Waals surface area contributed by atoms with Crippen molar-refractivity contribution in [3.05, 3.63) is 95.6 Å². The Kier molecular flexibility index (Phi) is 6.86. The average molecular weight is 498 g/mol. The van der Waals surface area contributed by atoms with Crippen molar-refractivity contribution in [2.24, 2.45) is 11.8 Å². The predicted octanol–water partition coefficient (Wildman–Crippen LogP) is 4.81. The van der Waals surface area contributed by atoms with E-state index in [9.17, 15) is 19.2 Å². The van der Waals surface area contributed by atoms with Gasteiger partial charge < -0.3 is 9.47 Å². The number of anilines is 1. The molecule has 2 amide bonds. The van der Waals surface area contributed by atoms with Gasteiger partial charge in [-0.15, -0.1) is 0 Å². The zero-order valence-electron chi connectivity index (χ0n) is 20.5. The number of fused-ring (bicyclic) bond motifs is 1. The van der Waals surface area contributed by atoms with E-state index in [2.05, 4.69) is 12.1 Å². The van der Waals surface area contributed by atoms with Gasteiger partial charge >= 0.3 is 5.97 Å². The molecule has 1 saturated carbocycles. The van der Waals surface area contributed by atoms with E-state index in [-0.39, 0.29) is 40.9 Å². The van der Waals surface area contributed by atoms with Gasteiger partial charge in [0, 0.05) is 5.56 Å². The van der Waals surface area contributed by atoms with Crippen LogP contribution < -0.4 is 9.64 Å². The molecule has 188 valence electrons. The van der Waals surface area contributed by atoms with E-state index < -0.39 is 12.6 Å². The summed E-state index contributed by atoms with van der Waals surface area (Å²) in [6.07, 6.45) is 2.20. The number of nitrogens with zero attached hydrogens (tertiary/aromatic N) is 1. The normalized spacial score (nSPS) is 20.9. The van der Waals surface area contributed by atoms with Crippen molar-refractivity contribution in [1.29, 1.82) is 0 Å².